The van der Waals surface area contributed by atoms with Crippen LogP contribution in [0.5, 0.6) is 5.75 Å². The zero-order valence-electron chi connectivity index (χ0n) is 12.7. The van der Waals surface area contributed by atoms with Crippen LogP contribution >= 0.6 is 0 Å². The van der Waals surface area contributed by atoms with Crippen molar-refractivity contribution < 1.29 is 48.8 Å². The minimum absolute atomic E-state index is 0.0970. The van der Waals surface area contributed by atoms with E-state index in [0.29, 0.717) is 0 Å². The lowest BCUT2D eigenvalue weighted by Gasteiger charge is -2.12. The number of halogens is 5. The fourth-order valence-electron chi connectivity index (χ4n) is 1.38. The number of hydrogen-bond acceptors (Lipinski definition) is 6. The van der Waals surface area contributed by atoms with Crippen molar-refractivity contribution in [2.24, 2.45) is 0 Å². The molecule has 0 aliphatic rings. The molecule has 0 bridgehead atoms. The van der Waals surface area contributed by atoms with E-state index < -0.39 is 40.0 Å². The molecule has 12 heteroatoms. The molecule has 0 unspecified atom stereocenters. The SMILES string of the molecule is COCCOCOC(=C(F)F)c1ccc(OS(=O)(=O)C(F)(F)F)cc1. The van der Waals surface area contributed by atoms with Crippen LogP contribution in [0.4, 0.5) is 22.0 Å². The Labute approximate surface area is 139 Å². The summed E-state index contributed by atoms with van der Waals surface area (Å²) in [7, 11) is -4.43. The van der Waals surface area contributed by atoms with Crippen molar-refractivity contribution >= 4 is 15.9 Å². The minimum atomic E-state index is -5.85. The molecular formula is C13H13F5O6S. The maximum absolute atomic E-state index is 12.9. The van der Waals surface area contributed by atoms with Crippen molar-refractivity contribution in [1.29, 1.82) is 0 Å². The first-order valence-corrected chi connectivity index (χ1v) is 7.85. The monoisotopic (exact) mass is 392 g/mol. The molecule has 142 valence electrons. The van der Waals surface area contributed by atoms with Crippen LogP contribution < -0.4 is 4.18 Å². The summed E-state index contributed by atoms with van der Waals surface area (Å²) in [5, 5.41) is 0. The second-order valence-electron chi connectivity index (χ2n) is 4.26. The van der Waals surface area contributed by atoms with E-state index in [2.05, 4.69) is 8.92 Å². The van der Waals surface area contributed by atoms with Crippen LogP contribution in [0.3, 0.4) is 0 Å². The topological polar surface area (TPSA) is 71.1 Å². The summed E-state index contributed by atoms with van der Waals surface area (Å²) in [5.74, 6) is -1.57. The van der Waals surface area contributed by atoms with Gasteiger partial charge in [0.05, 0.1) is 13.2 Å². The van der Waals surface area contributed by atoms with Gasteiger partial charge in [-0.2, -0.15) is 30.4 Å². The highest BCUT2D eigenvalue weighted by molar-refractivity contribution is 7.88. The average molecular weight is 392 g/mol. The second-order valence-corrected chi connectivity index (χ2v) is 5.80. The zero-order valence-corrected chi connectivity index (χ0v) is 13.5. The molecule has 25 heavy (non-hydrogen) atoms. The molecular weight excluding hydrogens is 379 g/mol. The third-order valence-corrected chi connectivity index (χ3v) is 3.47. The van der Waals surface area contributed by atoms with Crippen molar-refractivity contribution in [1.82, 2.24) is 0 Å². The van der Waals surface area contributed by atoms with Gasteiger partial charge in [-0.25, -0.2) is 0 Å². The Balaban J connectivity index is 2.80. The molecule has 0 aliphatic heterocycles. The molecule has 1 aromatic rings. The Bertz CT molecular complexity index is 680. The predicted molar refractivity (Wildman–Crippen MR) is 75.0 cm³/mol. The number of ether oxygens (including phenoxy) is 3. The highest BCUT2D eigenvalue weighted by Gasteiger charge is 2.48. The number of methoxy groups -OCH3 is 1. The first kappa shape index (κ1) is 21.1. The van der Waals surface area contributed by atoms with Crippen molar-refractivity contribution in [3.8, 4) is 5.75 Å². The first-order chi connectivity index (χ1) is 11.6. The Hall–Kier alpha value is -1.92. The predicted octanol–water partition coefficient (Wildman–Crippen LogP) is 3.12. The molecule has 0 saturated carbocycles. The maximum atomic E-state index is 12.9. The average Bonchev–Trinajstić information content (AvgIpc) is 2.50. The van der Waals surface area contributed by atoms with Crippen molar-refractivity contribution in [3.05, 3.63) is 35.9 Å². The van der Waals surface area contributed by atoms with Gasteiger partial charge in [-0.05, 0) is 24.3 Å². The summed E-state index contributed by atoms with van der Waals surface area (Å²) in [5.41, 5.74) is -5.82. The van der Waals surface area contributed by atoms with Crippen LogP contribution in [0.15, 0.2) is 30.3 Å². The van der Waals surface area contributed by atoms with Crippen LogP contribution in [-0.2, 0) is 24.3 Å². The fourth-order valence-corrected chi connectivity index (χ4v) is 1.84. The van der Waals surface area contributed by atoms with Gasteiger partial charge >= 0.3 is 21.7 Å². The largest absolute Gasteiger partial charge is 0.534 e. The van der Waals surface area contributed by atoms with Crippen LogP contribution in [0.2, 0.25) is 0 Å². The highest BCUT2D eigenvalue weighted by atomic mass is 32.2. The highest BCUT2D eigenvalue weighted by Crippen LogP contribution is 2.29. The molecule has 0 aliphatic carbocycles. The van der Waals surface area contributed by atoms with Gasteiger partial charge in [-0.1, -0.05) is 0 Å². The zero-order chi connectivity index (χ0) is 19.1. The molecule has 0 atom stereocenters. The van der Waals surface area contributed by atoms with Crippen molar-refractivity contribution in [2.45, 2.75) is 5.51 Å². The quantitative estimate of drug-likeness (QED) is 0.161. The molecule has 0 spiro atoms. The van der Waals surface area contributed by atoms with E-state index in [9.17, 15) is 30.4 Å². The molecule has 0 fully saturated rings. The van der Waals surface area contributed by atoms with Gasteiger partial charge in [-0.15, -0.1) is 0 Å². The van der Waals surface area contributed by atoms with E-state index in [1.165, 1.54) is 7.11 Å². The van der Waals surface area contributed by atoms with E-state index in [1.807, 2.05) is 0 Å². The Morgan fingerprint density at radius 2 is 1.68 bits per heavy atom. The van der Waals surface area contributed by atoms with Crippen LogP contribution in [0.25, 0.3) is 5.76 Å². The smallest absolute Gasteiger partial charge is 0.461 e. The lowest BCUT2D eigenvalue weighted by atomic mass is 10.2. The Morgan fingerprint density at radius 3 is 2.16 bits per heavy atom. The number of alkyl halides is 3. The molecule has 6 nitrogen and oxygen atoms in total. The van der Waals surface area contributed by atoms with Gasteiger partial charge in [0, 0.05) is 12.7 Å². The molecule has 0 amide bonds. The third kappa shape index (κ3) is 6.48. The molecule has 0 radical (unpaired) electrons. The first-order valence-electron chi connectivity index (χ1n) is 6.44. The van der Waals surface area contributed by atoms with Gasteiger partial charge in [0.15, 0.2) is 12.6 Å². The molecule has 0 aromatic heterocycles. The van der Waals surface area contributed by atoms with Crippen LogP contribution in [-0.4, -0.2) is 41.0 Å². The van der Waals surface area contributed by atoms with Crippen molar-refractivity contribution in [3.63, 3.8) is 0 Å². The summed E-state index contributed by atoms with van der Waals surface area (Å²) in [6, 6.07) is 3.36. The van der Waals surface area contributed by atoms with E-state index in [1.54, 1.807) is 0 Å². The van der Waals surface area contributed by atoms with Gasteiger partial charge in [-0.3, -0.25) is 0 Å². The van der Waals surface area contributed by atoms with Gasteiger partial charge < -0.3 is 18.4 Å². The summed E-state index contributed by atoms with van der Waals surface area (Å²) < 4.78 is 102. The summed E-state index contributed by atoms with van der Waals surface area (Å²) in [6.45, 7) is -0.198. The number of benzene rings is 1. The van der Waals surface area contributed by atoms with E-state index in [0.717, 1.165) is 24.3 Å². The maximum Gasteiger partial charge on any atom is 0.534 e. The summed E-state index contributed by atoms with van der Waals surface area (Å²) in [4.78, 5) is 0. The fraction of sp³-hybridized carbons (Fsp3) is 0.385. The molecule has 0 N–H and O–H groups in total. The lowest BCUT2D eigenvalue weighted by Crippen LogP contribution is -2.28. The standard InChI is InChI=1S/C13H13F5O6S/c1-21-6-7-22-8-23-11(12(14)15)9-2-4-10(5-3-9)24-25(19,20)13(16,17)18/h2-5H,6-8H2,1H3. The van der Waals surface area contributed by atoms with E-state index in [-0.39, 0.29) is 18.8 Å². The number of hydrogen-bond donors (Lipinski definition) is 0. The number of rotatable bonds is 9. The van der Waals surface area contributed by atoms with Crippen molar-refractivity contribution in [2.75, 3.05) is 27.1 Å². The molecule has 1 aromatic carbocycles. The summed E-state index contributed by atoms with van der Waals surface area (Å²) >= 11 is 0. The van der Waals surface area contributed by atoms with Gasteiger partial charge in [0.25, 0.3) is 0 Å². The van der Waals surface area contributed by atoms with Crippen LogP contribution in [0.1, 0.15) is 5.56 Å². The molecule has 0 saturated heterocycles. The summed E-state index contributed by atoms with van der Waals surface area (Å²) in [6.07, 6.45) is -2.20. The lowest BCUT2D eigenvalue weighted by molar-refractivity contribution is -0.0500. The second kappa shape index (κ2) is 8.97. The van der Waals surface area contributed by atoms with E-state index in [4.69, 9.17) is 9.47 Å². The normalized spacial score (nSPS) is 11.9. The minimum Gasteiger partial charge on any atom is -0.461 e. The van der Waals surface area contributed by atoms with Gasteiger partial charge in [0.1, 0.15) is 5.75 Å². The van der Waals surface area contributed by atoms with Gasteiger partial charge in [0.2, 0.25) is 0 Å². The Kier molecular flexibility index (Phi) is 7.58. The molecule has 0 heterocycles. The third-order valence-electron chi connectivity index (χ3n) is 2.50. The van der Waals surface area contributed by atoms with Crippen LogP contribution in [0, 0.1) is 0 Å². The van der Waals surface area contributed by atoms with E-state index >= 15 is 0 Å². The molecule has 1 rings (SSSR count). The Morgan fingerprint density at radius 1 is 1.08 bits per heavy atom.